The molecule has 0 atom stereocenters. The molecule has 0 aromatic heterocycles. The van der Waals surface area contributed by atoms with Crippen LogP contribution in [0.2, 0.25) is 0 Å². The van der Waals surface area contributed by atoms with E-state index in [-0.39, 0.29) is 6.42 Å². The summed E-state index contributed by atoms with van der Waals surface area (Å²) in [5, 5.41) is -0.391. The summed E-state index contributed by atoms with van der Waals surface area (Å²) in [6.07, 6.45) is 1.00. The Labute approximate surface area is 81.5 Å². The Morgan fingerprint density at radius 1 is 1.54 bits per heavy atom. The third-order valence-electron chi connectivity index (χ3n) is 1.80. The summed E-state index contributed by atoms with van der Waals surface area (Å²) in [5.74, 6) is 0. The smallest absolute Gasteiger partial charge is 0.226 e. The van der Waals surface area contributed by atoms with Crippen LogP contribution in [0.1, 0.15) is 21.5 Å². The van der Waals surface area contributed by atoms with Crippen molar-refractivity contribution in [3.8, 4) is 0 Å². The van der Waals surface area contributed by atoms with Gasteiger partial charge in [0.05, 0.1) is 0 Å². The van der Waals surface area contributed by atoms with Crippen LogP contribution in [-0.4, -0.2) is 11.5 Å². The summed E-state index contributed by atoms with van der Waals surface area (Å²) < 4.78 is 0. The Kier molecular flexibility index (Phi) is 3.20. The first-order valence-corrected chi connectivity index (χ1v) is 4.24. The van der Waals surface area contributed by atoms with Crippen molar-refractivity contribution in [2.45, 2.75) is 13.3 Å². The molecule has 1 aromatic carbocycles. The molecule has 0 N–H and O–H groups in total. The minimum Gasteiger partial charge on any atom is -0.298 e. The van der Waals surface area contributed by atoms with E-state index in [9.17, 15) is 9.59 Å². The second kappa shape index (κ2) is 4.19. The molecule has 3 heteroatoms. The van der Waals surface area contributed by atoms with Crippen LogP contribution in [-0.2, 0) is 11.2 Å². The van der Waals surface area contributed by atoms with E-state index in [4.69, 9.17) is 11.6 Å². The first kappa shape index (κ1) is 9.93. The summed E-state index contributed by atoms with van der Waals surface area (Å²) in [5.41, 5.74) is 2.35. The molecule has 0 fully saturated rings. The monoisotopic (exact) mass is 196 g/mol. The van der Waals surface area contributed by atoms with Crippen LogP contribution in [0, 0.1) is 6.92 Å². The normalized spacial score (nSPS) is 9.69. The fraction of sp³-hybridized carbons (Fsp3) is 0.200. The second-order valence-electron chi connectivity index (χ2n) is 2.84. The third kappa shape index (κ3) is 2.67. The van der Waals surface area contributed by atoms with Crippen molar-refractivity contribution >= 4 is 23.1 Å². The molecule has 0 aliphatic rings. The van der Waals surface area contributed by atoms with Gasteiger partial charge in [0.15, 0.2) is 0 Å². The van der Waals surface area contributed by atoms with Crippen LogP contribution in [0.3, 0.4) is 0 Å². The third-order valence-corrected chi connectivity index (χ3v) is 1.94. The molecule has 0 aliphatic carbocycles. The molecular formula is C10H9ClO2. The van der Waals surface area contributed by atoms with Crippen molar-refractivity contribution < 1.29 is 9.59 Å². The Morgan fingerprint density at radius 3 is 2.69 bits per heavy atom. The molecule has 68 valence electrons. The maximum Gasteiger partial charge on any atom is 0.226 e. The summed E-state index contributed by atoms with van der Waals surface area (Å²) in [4.78, 5) is 21.0. The predicted octanol–water partition coefficient (Wildman–Crippen LogP) is 2.12. The number of hydrogen-bond donors (Lipinski definition) is 0. The highest BCUT2D eigenvalue weighted by Crippen LogP contribution is 2.10. The number of carbonyl (C=O) groups excluding carboxylic acids is 2. The van der Waals surface area contributed by atoms with E-state index in [2.05, 4.69) is 0 Å². The number of benzene rings is 1. The van der Waals surface area contributed by atoms with Gasteiger partial charge in [-0.3, -0.25) is 9.59 Å². The number of carbonyl (C=O) groups is 2. The molecule has 0 radical (unpaired) electrons. The van der Waals surface area contributed by atoms with Crippen molar-refractivity contribution in [2.75, 3.05) is 0 Å². The standard InChI is InChI=1S/C10H9ClO2/c1-7-4-8(5-10(11)13)2-3-9(7)6-12/h2-4,6H,5H2,1H3. The lowest BCUT2D eigenvalue weighted by molar-refractivity contribution is -0.111. The minimum atomic E-state index is -0.391. The van der Waals surface area contributed by atoms with Gasteiger partial charge in [0.2, 0.25) is 5.24 Å². The Hall–Kier alpha value is -1.15. The Morgan fingerprint density at radius 2 is 2.23 bits per heavy atom. The van der Waals surface area contributed by atoms with Gasteiger partial charge in [-0.1, -0.05) is 18.2 Å². The van der Waals surface area contributed by atoms with E-state index in [1.165, 1.54) is 0 Å². The molecule has 0 aliphatic heterocycles. The highest BCUT2D eigenvalue weighted by Gasteiger charge is 2.02. The molecule has 2 nitrogen and oxygen atoms in total. The quantitative estimate of drug-likeness (QED) is 0.548. The zero-order chi connectivity index (χ0) is 9.84. The minimum absolute atomic E-state index is 0.210. The predicted molar refractivity (Wildman–Crippen MR) is 51.1 cm³/mol. The topological polar surface area (TPSA) is 34.1 Å². The van der Waals surface area contributed by atoms with Gasteiger partial charge < -0.3 is 0 Å². The van der Waals surface area contributed by atoms with Crippen molar-refractivity contribution in [1.82, 2.24) is 0 Å². The lowest BCUT2D eigenvalue weighted by atomic mass is 10.0. The lowest BCUT2D eigenvalue weighted by Gasteiger charge is -2.01. The SMILES string of the molecule is Cc1cc(CC(=O)Cl)ccc1C=O. The van der Waals surface area contributed by atoms with Crippen LogP contribution in [0.5, 0.6) is 0 Å². The fourth-order valence-electron chi connectivity index (χ4n) is 1.14. The molecule has 0 spiro atoms. The summed E-state index contributed by atoms with van der Waals surface area (Å²) in [7, 11) is 0. The van der Waals surface area contributed by atoms with Crippen LogP contribution in [0.15, 0.2) is 18.2 Å². The van der Waals surface area contributed by atoms with Gasteiger partial charge in [-0.05, 0) is 29.7 Å². The van der Waals surface area contributed by atoms with Crippen molar-refractivity contribution in [2.24, 2.45) is 0 Å². The van der Waals surface area contributed by atoms with E-state index < -0.39 is 5.24 Å². The number of aldehydes is 1. The Balaban J connectivity index is 2.95. The highest BCUT2D eigenvalue weighted by atomic mass is 35.5. The van der Waals surface area contributed by atoms with Crippen LogP contribution in [0.25, 0.3) is 0 Å². The largest absolute Gasteiger partial charge is 0.298 e. The molecule has 0 saturated heterocycles. The van der Waals surface area contributed by atoms with Crippen molar-refractivity contribution in [3.05, 3.63) is 34.9 Å². The van der Waals surface area contributed by atoms with E-state index in [1.807, 2.05) is 6.92 Å². The highest BCUT2D eigenvalue weighted by molar-refractivity contribution is 6.63. The average Bonchev–Trinajstić information content (AvgIpc) is 2.03. The summed E-state index contributed by atoms with van der Waals surface area (Å²) >= 11 is 5.23. The van der Waals surface area contributed by atoms with Gasteiger partial charge >= 0.3 is 0 Å². The number of rotatable bonds is 3. The lowest BCUT2D eigenvalue weighted by Crippen LogP contribution is -1.95. The van der Waals surface area contributed by atoms with Crippen molar-refractivity contribution in [1.29, 1.82) is 0 Å². The molecule has 0 saturated carbocycles. The molecule has 1 aromatic rings. The maximum absolute atomic E-state index is 10.6. The van der Waals surface area contributed by atoms with Crippen LogP contribution < -0.4 is 0 Å². The zero-order valence-electron chi connectivity index (χ0n) is 7.21. The van der Waals surface area contributed by atoms with Gasteiger partial charge in [-0.15, -0.1) is 0 Å². The number of aryl methyl sites for hydroxylation is 1. The van der Waals surface area contributed by atoms with Gasteiger partial charge in [0, 0.05) is 12.0 Å². The van der Waals surface area contributed by atoms with Gasteiger partial charge in [-0.25, -0.2) is 0 Å². The van der Waals surface area contributed by atoms with Gasteiger partial charge in [0.1, 0.15) is 6.29 Å². The maximum atomic E-state index is 10.6. The van der Waals surface area contributed by atoms with Crippen molar-refractivity contribution in [3.63, 3.8) is 0 Å². The van der Waals surface area contributed by atoms with Gasteiger partial charge in [-0.2, -0.15) is 0 Å². The van der Waals surface area contributed by atoms with Gasteiger partial charge in [0.25, 0.3) is 0 Å². The summed E-state index contributed by atoms with van der Waals surface area (Å²) in [6, 6.07) is 5.22. The molecule has 0 heterocycles. The van der Waals surface area contributed by atoms with Crippen LogP contribution >= 0.6 is 11.6 Å². The van der Waals surface area contributed by atoms with E-state index in [0.717, 1.165) is 17.4 Å². The number of halogens is 1. The molecule has 0 amide bonds. The molecule has 1 rings (SSSR count). The first-order valence-electron chi connectivity index (χ1n) is 3.86. The molecule has 13 heavy (non-hydrogen) atoms. The molecule has 0 bridgehead atoms. The molecule has 0 unspecified atom stereocenters. The number of hydrogen-bond acceptors (Lipinski definition) is 2. The second-order valence-corrected chi connectivity index (χ2v) is 3.26. The van der Waals surface area contributed by atoms with E-state index in [0.29, 0.717) is 5.56 Å². The first-order chi connectivity index (χ1) is 6.13. The Bertz CT molecular complexity index is 345. The van der Waals surface area contributed by atoms with Crippen LogP contribution in [0.4, 0.5) is 0 Å². The molecular weight excluding hydrogens is 188 g/mol. The summed E-state index contributed by atoms with van der Waals surface area (Å²) in [6.45, 7) is 1.83. The average molecular weight is 197 g/mol. The zero-order valence-corrected chi connectivity index (χ0v) is 7.97. The van der Waals surface area contributed by atoms with E-state index in [1.54, 1.807) is 18.2 Å². The van der Waals surface area contributed by atoms with E-state index >= 15 is 0 Å². The fourth-order valence-corrected chi connectivity index (χ4v) is 1.29.